The minimum atomic E-state index is 0.343. The van der Waals surface area contributed by atoms with E-state index in [1.807, 2.05) is 6.07 Å². The summed E-state index contributed by atoms with van der Waals surface area (Å²) in [6.07, 6.45) is 2.60. The van der Waals surface area contributed by atoms with Crippen molar-refractivity contribution in [2.24, 2.45) is 0 Å². The standard InChI is InChI=1S/C22H31N5O2/c1-17-11-19(24-23-17)14-26-6-2-3-20(15-26)27-9-7-25(8-10-27)13-18-4-5-21-22(12-18)29-16-28-21/h4-5,11-12,20H,2-3,6-10,13-16H2,1H3,(H,23,24)/t20-/m0/s1. The molecule has 7 nitrogen and oxygen atoms in total. The molecule has 2 aromatic rings. The van der Waals surface area contributed by atoms with Gasteiger partial charge in [0.25, 0.3) is 0 Å². The fourth-order valence-electron chi connectivity index (χ4n) is 4.84. The average molecular weight is 398 g/mol. The number of piperazine rings is 1. The van der Waals surface area contributed by atoms with Crippen molar-refractivity contribution >= 4 is 0 Å². The molecule has 0 amide bonds. The van der Waals surface area contributed by atoms with Crippen LogP contribution in [0.1, 0.15) is 29.8 Å². The van der Waals surface area contributed by atoms with E-state index in [2.05, 4.69) is 50.0 Å². The normalized spacial score (nSPS) is 23.6. The molecule has 0 bridgehead atoms. The molecule has 0 unspecified atom stereocenters. The lowest BCUT2D eigenvalue weighted by molar-refractivity contribution is 0.0474. The predicted octanol–water partition coefficient (Wildman–Crippen LogP) is 2.23. The molecule has 2 saturated heterocycles. The van der Waals surface area contributed by atoms with Crippen LogP contribution in [-0.4, -0.2) is 77.0 Å². The molecule has 0 saturated carbocycles. The first kappa shape index (κ1) is 18.9. The van der Waals surface area contributed by atoms with E-state index in [4.69, 9.17) is 9.47 Å². The predicted molar refractivity (Wildman–Crippen MR) is 111 cm³/mol. The maximum atomic E-state index is 5.52. The Morgan fingerprint density at radius 1 is 1.00 bits per heavy atom. The van der Waals surface area contributed by atoms with Gasteiger partial charge in [0.1, 0.15) is 0 Å². The van der Waals surface area contributed by atoms with Crippen molar-refractivity contribution in [2.45, 2.75) is 38.9 Å². The van der Waals surface area contributed by atoms with Crippen molar-refractivity contribution < 1.29 is 9.47 Å². The van der Waals surface area contributed by atoms with Crippen molar-refractivity contribution in [3.63, 3.8) is 0 Å². The molecule has 0 aliphatic carbocycles. The SMILES string of the molecule is Cc1cc(CN2CCC[C@H](N3CCN(Cc4ccc5c(c4)OCO5)CC3)C2)n[nH]1. The fraction of sp³-hybridized carbons (Fsp3) is 0.591. The number of nitrogens with one attached hydrogen (secondary N) is 1. The maximum absolute atomic E-state index is 5.52. The van der Waals surface area contributed by atoms with Gasteiger partial charge in [0, 0.05) is 57.5 Å². The van der Waals surface area contributed by atoms with Crippen LogP contribution >= 0.6 is 0 Å². The number of rotatable bonds is 5. The summed E-state index contributed by atoms with van der Waals surface area (Å²) in [5, 5.41) is 7.48. The molecule has 0 spiro atoms. The highest BCUT2D eigenvalue weighted by Crippen LogP contribution is 2.33. The van der Waals surface area contributed by atoms with E-state index in [9.17, 15) is 0 Å². The van der Waals surface area contributed by atoms with Gasteiger partial charge >= 0.3 is 0 Å². The zero-order valence-electron chi connectivity index (χ0n) is 17.3. The first-order valence-corrected chi connectivity index (χ1v) is 10.8. The molecular weight excluding hydrogens is 366 g/mol. The number of fused-ring (bicyclic) bond motifs is 1. The first-order valence-electron chi connectivity index (χ1n) is 10.8. The fourth-order valence-corrected chi connectivity index (χ4v) is 4.84. The Morgan fingerprint density at radius 3 is 2.69 bits per heavy atom. The molecule has 29 heavy (non-hydrogen) atoms. The van der Waals surface area contributed by atoms with Crippen LogP contribution in [0, 0.1) is 6.92 Å². The number of piperidine rings is 1. The van der Waals surface area contributed by atoms with E-state index in [-0.39, 0.29) is 0 Å². The summed E-state index contributed by atoms with van der Waals surface area (Å²) in [5.74, 6) is 1.75. The van der Waals surface area contributed by atoms with Crippen molar-refractivity contribution in [3.05, 3.63) is 41.2 Å². The van der Waals surface area contributed by atoms with Crippen molar-refractivity contribution in [2.75, 3.05) is 46.1 Å². The summed E-state index contributed by atoms with van der Waals surface area (Å²) in [6, 6.07) is 9.17. The topological polar surface area (TPSA) is 56.9 Å². The minimum Gasteiger partial charge on any atom is -0.454 e. The van der Waals surface area contributed by atoms with Gasteiger partial charge in [0.05, 0.1) is 5.69 Å². The van der Waals surface area contributed by atoms with Crippen LogP contribution in [0.3, 0.4) is 0 Å². The van der Waals surface area contributed by atoms with E-state index >= 15 is 0 Å². The molecule has 1 atom stereocenters. The van der Waals surface area contributed by atoms with Crippen molar-refractivity contribution in [1.82, 2.24) is 24.9 Å². The lowest BCUT2D eigenvalue weighted by atomic mass is 10.0. The van der Waals surface area contributed by atoms with Gasteiger partial charge in [-0.1, -0.05) is 6.07 Å². The highest BCUT2D eigenvalue weighted by molar-refractivity contribution is 5.44. The summed E-state index contributed by atoms with van der Waals surface area (Å²) in [5.41, 5.74) is 3.62. The molecule has 156 valence electrons. The molecule has 3 aliphatic rings. The molecule has 3 aliphatic heterocycles. The molecule has 1 aromatic carbocycles. The second kappa shape index (κ2) is 8.34. The number of likely N-dealkylation sites (tertiary alicyclic amines) is 1. The summed E-state index contributed by atoms with van der Waals surface area (Å²) in [4.78, 5) is 7.84. The van der Waals surface area contributed by atoms with E-state index in [1.54, 1.807) is 0 Å². The van der Waals surface area contributed by atoms with Crippen molar-refractivity contribution in [1.29, 1.82) is 0 Å². The largest absolute Gasteiger partial charge is 0.454 e. The number of nitrogens with zero attached hydrogens (tertiary/aromatic N) is 4. The Bertz CT molecular complexity index is 830. The smallest absolute Gasteiger partial charge is 0.231 e. The summed E-state index contributed by atoms with van der Waals surface area (Å²) < 4.78 is 10.9. The Labute approximate surface area is 172 Å². The Balaban J connectivity index is 1.11. The van der Waals surface area contributed by atoms with Crippen LogP contribution in [-0.2, 0) is 13.1 Å². The number of aromatic nitrogens is 2. The number of aryl methyl sites for hydroxylation is 1. The average Bonchev–Trinajstić information content (AvgIpc) is 3.37. The van der Waals surface area contributed by atoms with Gasteiger partial charge < -0.3 is 9.47 Å². The first-order chi connectivity index (χ1) is 14.2. The molecule has 0 radical (unpaired) electrons. The molecule has 7 heteroatoms. The van der Waals surface area contributed by atoms with E-state index < -0.39 is 0 Å². The number of benzene rings is 1. The van der Waals surface area contributed by atoms with Crippen LogP contribution in [0.15, 0.2) is 24.3 Å². The highest BCUT2D eigenvalue weighted by atomic mass is 16.7. The summed E-state index contributed by atoms with van der Waals surface area (Å²) >= 11 is 0. The number of hydrogen-bond acceptors (Lipinski definition) is 6. The summed E-state index contributed by atoms with van der Waals surface area (Å²) in [7, 11) is 0. The van der Waals surface area contributed by atoms with Crippen LogP contribution in [0.4, 0.5) is 0 Å². The third-order valence-corrected chi connectivity index (χ3v) is 6.39. The zero-order chi connectivity index (χ0) is 19.6. The third kappa shape index (κ3) is 4.42. The maximum Gasteiger partial charge on any atom is 0.231 e. The minimum absolute atomic E-state index is 0.343. The number of hydrogen-bond donors (Lipinski definition) is 1. The van der Waals surface area contributed by atoms with E-state index in [1.165, 1.54) is 24.9 Å². The van der Waals surface area contributed by atoms with Gasteiger partial charge in [-0.3, -0.25) is 19.8 Å². The lowest BCUT2D eigenvalue weighted by Gasteiger charge is -2.43. The molecule has 1 N–H and O–H groups in total. The summed E-state index contributed by atoms with van der Waals surface area (Å²) in [6.45, 7) is 11.3. The van der Waals surface area contributed by atoms with Gasteiger partial charge in [-0.2, -0.15) is 5.10 Å². The quantitative estimate of drug-likeness (QED) is 0.835. The Kier molecular flexibility index (Phi) is 5.44. The number of ether oxygens (including phenoxy) is 2. The third-order valence-electron chi connectivity index (χ3n) is 6.39. The van der Waals surface area contributed by atoms with Gasteiger partial charge in [0.2, 0.25) is 6.79 Å². The van der Waals surface area contributed by atoms with Crippen LogP contribution < -0.4 is 9.47 Å². The van der Waals surface area contributed by atoms with Gasteiger partial charge in [-0.15, -0.1) is 0 Å². The lowest BCUT2D eigenvalue weighted by Crippen LogP contribution is -2.54. The van der Waals surface area contributed by atoms with Crippen LogP contribution in [0.5, 0.6) is 11.5 Å². The Morgan fingerprint density at radius 2 is 1.86 bits per heavy atom. The van der Waals surface area contributed by atoms with E-state index in [0.717, 1.165) is 68.7 Å². The zero-order valence-corrected chi connectivity index (χ0v) is 17.3. The second-order valence-electron chi connectivity index (χ2n) is 8.57. The number of H-pyrrole nitrogens is 1. The molecule has 4 heterocycles. The highest BCUT2D eigenvalue weighted by Gasteiger charge is 2.28. The molecule has 1 aromatic heterocycles. The van der Waals surface area contributed by atoms with Gasteiger partial charge in [0.15, 0.2) is 11.5 Å². The Hall–Kier alpha value is -2.09. The molecule has 5 rings (SSSR count). The molecular formula is C22H31N5O2. The monoisotopic (exact) mass is 397 g/mol. The van der Waals surface area contributed by atoms with Gasteiger partial charge in [-0.05, 0) is 50.1 Å². The van der Waals surface area contributed by atoms with Gasteiger partial charge in [-0.25, -0.2) is 0 Å². The second-order valence-corrected chi connectivity index (χ2v) is 8.57. The number of aromatic amines is 1. The van der Waals surface area contributed by atoms with Crippen molar-refractivity contribution in [3.8, 4) is 11.5 Å². The van der Waals surface area contributed by atoms with Crippen LogP contribution in [0.2, 0.25) is 0 Å². The van der Waals surface area contributed by atoms with Crippen LogP contribution in [0.25, 0.3) is 0 Å². The van der Waals surface area contributed by atoms with E-state index in [0.29, 0.717) is 12.8 Å². The molecule has 2 fully saturated rings.